The Labute approximate surface area is 847 Å². The van der Waals surface area contributed by atoms with E-state index in [0.29, 0.717) is 163 Å². The molecule has 9 aromatic carbocycles. The number of rotatable bonds is 36. The molecule has 8 atom stereocenters. The van der Waals surface area contributed by atoms with Crippen molar-refractivity contribution in [2.24, 2.45) is 0 Å². The van der Waals surface area contributed by atoms with Crippen LogP contribution >= 0.6 is 128 Å². The number of nitrogen functional groups attached to an aromatic ring is 1. The number of esters is 2. The maximum absolute atomic E-state index is 13.4. The van der Waals surface area contributed by atoms with Gasteiger partial charge in [0.2, 0.25) is 23.6 Å². The van der Waals surface area contributed by atoms with E-state index in [0.717, 1.165) is 66.0 Å². The summed E-state index contributed by atoms with van der Waals surface area (Å²) in [4.78, 5) is 112. The van der Waals surface area contributed by atoms with Crippen LogP contribution in [0.4, 0.5) is 22.7 Å². The maximum Gasteiger partial charge on any atom is 0.310 e. The van der Waals surface area contributed by atoms with Crippen LogP contribution in [0, 0.1) is 20.2 Å². The van der Waals surface area contributed by atoms with Gasteiger partial charge >= 0.3 is 11.9 Å². The van der Waals surface area contributed by atoms with Gasteiger partial charge in [-0.2, -0.15) is 0 Å². The number of hydrogen-bond donors (Lipinski definition) is 5. The van der Waals surface area contributed by atoms with Crippen molar-refractivity contribution in [3.63, 3.8) is 0 Å². The van der Waals surface area contributed by atoms with Crippen LogP contribution in [-0.4, -0.2) is 248 Å². The predicted molar refractivity (Wildman–Crippen MR) is 537 cm³/mol. The summed E-state index contributed by atoms with van der Waals surface area (Å²) in [5.41, 5.74) is 14.4. The number of anilines is 2. The summed E-state index contributed by atoms with van der Waals surface area (Å²) in [5.74, 6) is -1.31. The minimum atomic E-state index is -0.490. The first-order valence-electron chi connectivity index (χ1n) is 43.5. The van der Waals surface area contributed by atoms with Crippen LogP contribution in [0.1, 0.15) is 99.9 Å². The first kappa shape index (κ1) is 111. The van der Waals surface area contributed by atoms with E-state index in [1.54, 1.807) is 164 Å². The number of benzene rings is 9. The third-order valence-electron chi connectivity index (χ3n) is 23.4. The van der Waals surface area contributed by atoms with Crippen LogP contribution in [0.25, 0.3) is 0 Å². The van der Waals surface area contributed by atoms with Gasteiger partial charge in [-0.25, -0.2) is 0 Å². The summed E-state index contributed by atoms with van der Waals surface area (Å²) in [6, 6.07) is 52.5. The van der Waals surface area contributed by atoms with Crippen molar-refractivity contribution in [3.8, 4) is 0 Å². The fourth-order valence-electron chi connectivity index (χ4n) is 16.0. The second kappa shape index (κ2) is 54.7. The highest BCUT2D eigenvalue weighted by molar-refractivity contribution is 6.44. The lowest BCUT2D eigenvalue weighted by Crippen LogP contribution is -2.39. The molecule has 730 valence electrons. The second-order valence-corrected chi connectivity index (χ2v) is 37.4. The molecule has 13 rings (SSSR count). The number of aliphatic hydroxyl groups is 2. The van der Waals surface area contributed by atoms with E-state index in [4.69, 9.17) is 141 Å². The molecule has 4 aliphatic heterocycles. The molecule has 4 aliphatic rings. The van der Waals surface area contributed by atoms with E-state index in [9.17, 15) is 59.2 Å². The van der Waals surface area contributed by atoms with Gasteiger partial charge in [0, 0.05) is 148 Å². The number of likely N-dealkylation sites (tertiary alicyclic amines) is 4. The molecule has 136 heavy (non-hydrogen) atoms. The zero-order valence-corrected chi connectivity index (χ0v) is 83.8. The van der Waals surface area contributed by atoms with Crippen molar-refractivity contribution in [2.75, 3.05) is 145 Å². The fraction of sp³-hybridized carbons (Fsp3) is 0.381. The zero-order valence-electron chi connectivity index (χ0n) is 75.4. The SMILES string of the molecule is CN(C(=O)Cc1ccc(Cl)c(Cl)c1)[C@H](CN1CC[C@H](OC(=O)Cc2ccc(Cl)c(Cl)c2)C1)c1cccc(N)c1.CN(C(=O)Cc1ccc(Cl)c(Cl)c1)[C@H](CN1CC[C@H](OC(=O)Cc2ccc(Cl)c(Cl)c2)C1)c1cccc([N+](=O)[O-])c1.CN[C@H](CN1CC[C@H](O)C1)c1cccc([N+](=O)[O-])c1.COCCOCC(=O)Nc1cccc([C@@H](CN2CC[C@H](O)C2)N(C)C(=O)Cc2ccc(Cl)c(Cl)c2)c1.Cl. The van der Waals surface area contributed by atoms with Gasteiger partial charge in [0.15, 0.2) is 0 Å². The van der Waals surface area contributed by atoms with E-state index in [1.165, 1.54) is 18.2 Å². The summed E-state index contributed by atoms with van der Waals surface area (Å²) < 4.78 is 21.7. The number of carbonyl (C=O) groups is 6. The summed E-state index contributed by atoms with van der Waals surface area (Å²) >= 11 is 60.5. The average Bonchev–Trinajstić information content (AvgIpc) is 1.51. The summed E-state index contributed by atoms with van der Waals surface area (Å²) in [7, 11) is 8.65. The minimum absolute atomic E-state index is 0. The molecular formula is C97H109Cl11N12O16. The molecule has 4 fully saturated rings. The number of non-ortho nitro benzene ring substituents is 2. The molecule has 0 bridgehead atoms. The number of β-amino-alcohol motifs (C(OH)–C–C–N with tert-alkyl or cyclic N) is 2. The molecular weight excluding hydrogens is 1980 g/mol. The quantitative estimate of drug-likeness (QED) is 0.00800. The Morgan fingerprint density at radius 2 is 0.772 bits per heavy atom. The first-order valence-corrected chi connectivity index (χ1v) is 47.3. The van der Waals surface area contributed by atoms with Crippen molar-refractivity contribution >= 4 is 187 Å². The molecule has 0 unspecified atom stereocenters. The Hall–Kier alpha value is -8.77. The number of halogens is 11. The number of methoxy groups -OCH3 is 1. The number of ether oxygens (including phenoxy) is 4. The van der Waals surface area contributed by atoms with Gasteiger partial charge in [-0.15, -0.1) is 12.4 Å². The van der Waals surface area contributed by atoms with E-state index >= 15 is 0 Å². The summed E-state index contributed by atoms with van der Waals surface area (Å²) in [5, 5.41) is 51.9. The highest BCUT2D eigenvalue weighted by atomic mass is 35.5. The summed E-state index contributed by atoms with van der Waals surface area (Å²) in [6.45, 7) is 8.18. The Morgan fingerprint density at radius 3 is 1.13 bits per heavy atom. The molecule has 39 heteroatoms. The van der Waals surface area contributed by atoms with Gasteiger partial charge in [-0.05, 0) is 168 Å². The van der Waals surface area contributed by atoms with Crippen LogP contribution in [-0.2, 0) is 79.8 Å². The molecule has 0 radical (unpaired) electrons. The average molecular weight is 2090 g/mol. The van der Waals surface area contributed by atoms with E-state index < -0.39 is 11.0 Å². The normalized spacial score (nSPS) is 16.8. The van der Waals surface area contributed by atoms with E-state index in [2.05, 4.69) is 30.2 Å². The van der Waals surface area contributed by atoms with Crippen LogP contribution in [0.5, 0.6) is 0 Å². The lowest BCUT2D eigenvalue weighted by molar-refractivity contribution is -0.385. The van der Waals surface area contributed by atoms with Gasteiger partial charge in [-0.1, -0.05) is 195 Å². The van der Waals surface area contributed by atoms with Gasteiger partial charge in [0.25, 0.3) is 11.4 Å². The fourth-order valence-corrected chi connectivity index (χ4v) is 17.6. The molecule has 0 aliphatic carbocycles. The monoisotopic (exact) mass is 2080 g/mol. The Kier molecular flexibility index (Phi) is 44.6. The highest BCUT2D eigenvalue weighted by Crippen LogP contribution is 2.35. The smallest absolute Gasteiger partial charge is 0.310 e. The van der Waals surface area contributed by atoms with Crippen molar-refractivity contribution in [3.05, 3.63) is 309 Å². The van der Waals surface area contributed by atoms with Gasteiger partial charge in [0.05, 0.1) is 136 Å². The molecule has 0 saturated carbocycles. The van der Waals surface area contributed by atoms with Crippen molar-refractivity contribution in [1.82, 2.24) is 39.6 Å². The third kappa shape index (κ3) is 34.6. The Balaban J connectivity index is 0.000000208. The van der Waals surface area contributed by atoms with E-state index in [1.807, 2.05) is 55.6 Å². The standard InChI is InChI=1S/C29H27Cl4N3O5.C29H29Cl4N3O3.C26H33Cl2N3O5.C13H19N3O3.ClH/c1-34(28(37)13-18-5-7-23(30)25(32)11-18)27(20-3-2-4-21(15-20)36(39)40)17-35-10-9-22(16-35)41-29(38)14-19-6-8-24(31)26(33)12-19;1-35(28(37)13-18-5-7-23(30)25(32)11-18)27(20-3-2-4-21(34)15-20)17-36-10-9-22(16-36)39-29(38)14-19-6-8-24(31)26(33)12-19;1-30(26(34)13-18-6-7-22(27)23(28)12-18)24(16-31-9-8-21(32)15-31)19-4-3-5-20(14-19)29-25(33)17-36-11-10-35-2;1-14-13(9-15-6-5-12(17)8-15)10-3-2-4-11(7-10)16(18)19;/h2-8,11-12,15,22,27H,9-10,13-14,16-17H2,1H3;2-8,11-12,15,22,27H,9-10,13-14,16-17,34H2,1H3;3-7,12,14,21,24,32H,8-11,13,15-17H2,1-2H3,(H,29,33);2-4,7,12-14,17H,5-6,8-9H2,1H3;1H/t2*22-,27+;21-,24+;12-,13+;/m0000./s1. The molecule has 6 N–H and O–H groups in total. The lowest BCUT2D eigenvalue weighted by atomic mass is 10.0. The zero-order chi connectivity index (χ0) is 97.7. The highest BCUT2D eigenvalue weighted by Gasteiger charge is 2.36. The Morgan fingerprint density at radius 1 is 0.434 bits per heavy atom. The molecule has 0 spiro atoms. The first-order chi connectivity index (χ1) is 64.4. The Bertz CT molecular complexity index is 5590. The van der Waals surface area contributed by atoms with Crippen molar-refractivity contribution in [1.29, 1.82) is 0 Å². The molecule has 4 saturated heterocycles. The van der Waals surface area contributed by atoms with E-state index in [-0.39, 0.29) is 146 Å². The van der Waals surface area contributed by atoms with Crippen LogP contribution < -0.4 is 16.4 Å². The molecule has 4 amide bonds. The lowest BCUT2D eigenvalue weighted by Gasteiger charge is -2.32. The third-order valence-corrected chi connectivity index (χ3v) is 27.1. The number of nitrogens with one attached hydrogen (secondary N) is 2. The number of likely N-dealkylation sites (N-methyl/N-ethyl adjacent to an activating group) is 4. The largest absolute Gasteiger partial charge is 0.461 e. The number of amides is 4. The van der Waals surface area contributed by atoms with Crippen LogP contribution in [0.2, 0.25) is 50.2 Å². The summed E-state index contributed by atoms with van der Waals surface area (Å²) in [6.07, 6.45) is 2.25. The van der Waals surface area contributed by atoms with Crippen LogP contribution in [0.3, 0.4) is 0 Å². The number of aliphatic hydroxyl groups excluding tert-OH is 2. The topological polar surface area (TPSA) is 339 Å². The van der Waals surface area contributed by atoms with Crippen molar-refractivity contribution in [2.45, 2.75) is 106 Å². The number of hydrogen-bond acceptors (Lipinski definition) is 22. The van der Waals surface area contributed by atoms with Gasteiger partial charge in [-0.3, -0.25) is 68.6 Å². The number of nitrogens with two attached hydrogens (primary N) is 1. The second-order valence-electron chi connectivity index (χ2n) is 33.3. The van der Waals surface area contributed by atoms with Gasteiger partial charge < -0.3 is 60.2 Å². The number of nitro groups is 2. The number of carbonyl (C=O) groups excluding carboxylic acids is 6. The maximum atomic E-state index is 13.4. The number of nitrogens with zero attached hydrogens (tertiary/aromatic N) is 9. The number of nitro benzene ring substituents is 2. The molecule has 9 aromatic rings. The van der Waals surface area contributed by atoms with Gasteiger partial charge in [0.1, 0.15) is 18.8 Å². The minimum Gasteiger partial charge on any atom is -0.461 e. The van der Waals surface area contributed by atoms with Crippen LogP contribution in [0.15, 0.2) is 188 Å². The predicted octanol–water partition coefficient (Wildman–Crippen LogP) is 18.0. The molecule has 28 nitrogen and oxygen atoms in total. The molecule has 0 aromatic heterocycles. The molecule has 4 heterocycles. The van der Waals surface area contributed by atoms with Crippen molar-refractivity contribution < 1.29 is 67.8 Å².